The lowest BCUT2D eigenvalue weighted by Gasteiger charge is -2.11. The van der Waals surface area contributed by atoms with Crippen molar-refractivity contribution < 1.29 is 8.42 Å². The van der Waals surface area contributed by atoms with Crippen LogP contribution in [0.15, 0.2) is 50.2 Å². The summed E-state index contributed by atoms with van der Waals surface area (Å²) in [5.74, 6) is 0. The lowest BCUT2D eigenvalue weighted by Crippen LogP contribution is -2.14. The zero-order chi connectivity index (χ0) is 14.9. The molecule has 0 heterocycles. The van der Waals surface area contributed by atoms with Crippen molar-refractivity contribution in [2.24, 2.45) is 0 Å². The molecule has 3 nitrogen and oxygen atoms in total. The lowest BCUT2D eigenvalue weighted by molar-refractivity contribution is 0.600. The molecular weight excluding hydrogens is 429 g/mol. The summed E-state index contributed by atoms with van der Waals surface area (Å²) in [6.45, 7) is 1.75. The molecule has 0 aliphatic heterocycles. The van der Waals surface area contributed by atoms with Gasteiger partial charge in [-0.15, -0.1) is 0 Å². The molecule has 0 unspecified atom stereocenters. The number of hydrogen-bond acceptors (Lipinski definition) is 2. The zero-order valence-electron chi connectivity index (χ0n) is 10.3. The summed E-state index contributed by atoms with van der Waals surface area (Å²) in [4.78, 5) is 0.234. The van der Waals surface area contributed by atoms with Crippen LogP contribution in [0.1, 0.15) is 5.56 Å². The minimum absolute atomic E-state index is 0.234. The number of nitrogens with one attached hydrogen (secondary N) is 1. The molecule has 2 aromatic carbocycles. The number of sulfonamides is 1. The summed E-state index contributed by atoms with van der Waals surface area (Å²) < 4.78 is 28.7. The van der Waals surface area contributed by atoms with E-state index in [1.165, 1.54) is 0 Å². The summed E-state index contributed by atoms with van der Waals surface area (Å²) in [5.41, 5.74) is 1.12. The molecule has 2 aromatic rings. The van der Waals surface area contributed by atoms with Crippen LogP contribution in [0.25, 0.3) is 0 Å². The Kier molecular flexibility index (Phi) is 4.79. The van der Waals surface area contributed by atoms with E-state index in [2.05, 4.69) is 36.6 Å². The van der Waals surface area contributed by atoms with Crippen LogP contribution in [-0.2, 0) is 10.0 Å². The van der Waals surface area contributed by atoms with Crippen LogP contribution in [0.4, 0.5) is 5.69 Å². The third-order valence-corrected chi connectivity index (χ3v) is 5.84. The Balaban J connectivity index is 2.40. The molecule has 0 bridgehead atoms. The van der Waals surface area contributed by atoms with E-state index in [0.29, 0.717) is 25.2 Å². The van der Waals surface area contributed by atoms with E-state index in [1.54, 1.807) is 43.3 Å². The topological polar surface area (TPSA) is 46.2 Å². The van der Waals surface area contributed by atoms with Gasteiger partial charge in [-0.25, -0.2) is 8.42 Å². The molecule has 0 aliphatic rings. The van der Waals surface area contributed by atoms with Crippen molar-refractivity contribution in [2.45, 2.75) is 11.8 Å². The molecule has 0 saturated heterocycles. The number of aryl methyl sites for hydroxylation is 1. The van der Waals surface area contributed by atoms with Crippen molar-refractivity contribution in [2.75, 3.05) is 4.72 Å². The van der Waals surface area contributed by atoms with Gasteiger partial charge >= 0.3 is 0 Å². The Hall–Kier alpha value is -0.560. The van der Waals surface area contributed by atoms with E-state index in [4.69, 9.17) is 11.6 Å². The van der Waals surface area contributed by atoms with Gasteiger partial charge in [0, 0.05) is 8.95 Å². The molecule has 2 rings (SSSR count). The fourth-order valence-electron chi connectivity index (χ4n) is 1.63. The summed E-state index contributed by atoms with van der Waals surface area (Å²) in [7, 11) is -3.64. The predicted molar refractivity (Wildman–Crippen MR) is 88.8 cm³/mol. The Bertz CT molecular complexity index is 763. The predicted octanol–water partition coefficient (Wildman–Crippen LogP) is 4.97. The van der Waals surface area contributed by atoms with Crippen LogP contribution in [0, 0.1) is 6.92 Å². The van der Waals surface area contributed by atoms with Crippen LogP contribution in [0.5, 0.6) is 0 Å². The van der Waals surface area contributed by atoms with Crippen molar-refractivity contribution in [3.63, 3.8) is 0 Å². The third-order valence-electron chi connectivity index (χ3n) is 2.61. The average Bonchev–Trinajstić information content (AvgIpc) is 2.36. The minimum Gasteiger partial charge on any atom is -0.280 e. The number of anilines is 1. The highest BCUT2D eigenvalue weighted by Crippen LogP contribution is 2.28. The van der Waals surface area contributed by atoms with Gasteiger partial charge in [0.25, 0.3) is 10.0 Å². The van der Waals surface area contributed by atoms with E-state index in [-0.39, 0.29) is 4.90 Å². The average molecular weight is 440 g/mol. The standard InChI is InChI=1S/C13H10Br2ClNO2S/c1-8-2-3-9(14)6-13(8)20(18,19)17-10-4-5-12(16)11(15)7-10/h2-7,17H,1H3. The second-order valence-electron chi connectivity index (χ2n) is 4.14. The second kappa shape index (κ2) is 6.05. The summed E-state index contributed by atoms with van der Waals surface area (Å²) >= 11 is 12.4. The van der Waals surface area contributed by atoms with Crippen molar-refractivity contribution in [3.05, 3.63) is 55.9 Å². The maximum atomic E-state index is 12.4. The van der Waals surface area contributed by atoms with Crippen molar-refractivity contribution in [1.29, 1.82) is 0 Å². The van der Waals surface area contributed by atoms with Crippen molar-refractivity contribution in [1.82, 2.24) is 0 Å². The van der Waals surface area contributed by atoms with Crippen molar-refractivity contribution in [3.8, 4) is 0 Å². The summed E-state index contributed by atoms with van der Waals surface area (Å²) in [6.07, 6.45) is 0. The number of benzene rings is 2. The second-order valence-corrected chi connectivity index (χ2v) is 7.97. The van der Waals surface area contributed by atoms with Crippen LogP contribution in [0.2, 0.25) is 5.02 Å². The third kappa shape index (κ3) is 3.55. The molecule has 7 heteroatoms. The molecule has 0 amide bonds. The fourth-order valence-corrected chi connectivity index (χ4v) is 3.96. The summed E-state index contributed by atoms with van der Waals surface area (Å²) in [6, 6.07) is 9.97. The normalized spacial score (nSPS) is 11.4. The van der Waals surface area contributed by atoms with Crippen molar-refractivity contribution >= 4 is 59.2 Å². The molecule has 0 saturated carbocycles. The van der Waals surface area contributed by atoms with Gasteiger partial charge in [-0.2, -0.15) is 0 Å². The monoisotopic (exact) mass is 437 g/mol. The Labute approximate surface area is 139 Å². The molecule has 0 fully saturated rings. The molecule has 0 atom stereocenters. The first-order valence-electron chi connectivity index (χ1n) is 5.53. The molecule has 1 N–H and O–H groups in total. The van der Waals surface area contributed by atoms with E-state index in [9.17, 15) is 8.42 Å². The number of hydrogen-bond donors (Lipinski definition) is 1. The van der Waals surface area contributed by atoms with Crippen LogP contribution < -0.4 is 4.72 Å². The van der Waals surface area contributed by atoms with Gasteiger partial charge in [-0.05, 0) is 58.7 Å². The summed E-state index contributed by atoms with van der Waals surface area (Å²) in [5, 5.41) is 0.520. The van der Waals surface area contributed by atoms with Gasteiger partial charge in [-0.3, -0.25) is 4.72 Å². The first-order chi connectivity index (χ1) is 9.29. The number of rotatable bonds is 3. The Morgan fingerprint density at radius 2 is 1.80 bits per heavy atom. The highest BCUT2D eigenvalue weighted by molar-refractivity contribution is 9.10. The fraction of sp³-hybridized carbons (Fsp3) is 0.0769. The molecular formula is C13H10Br2ClNO2S. The van der Waals surface area contributed by atoms with Gasteiger partial charge in [0.15, 0.2) is 0 Å². The Morgan fingerprint density at radius 3 is 2.45 bits per heavy atom. The minimum atomic E-state index is -3.64. The highest BCUT2D eigenvalue weighted by Gasteiger charge is 2.17. The first-order valence-corrected chi connectivity index (χ1v) is 8.98. The van der Waals surface area contributed by atoms with E-state index < -0.39 is 10.0 Å². The molecule has 106 valence electrons. The van der Waals surface area contributed by atoms with Gasteiger partial charge in [0.1, 0.15) is 0 Å². The van der Waals surface area contributed by atoms with E-state index in [1.807, 2.05) is 0 Å². The maximum Gasteiger partial charge on any atom is 0.262 e. The van der Waals surface area contributed by atoms with Crippen LogP contribution in [0.3, 0.4) is 0 Å². The van der Waals surface area contributed by atoms with Gasteiger partial charge < -0.3 is 0 Å². The quantitative estimate of drug-likeness (QED) is 0.734. The first kappa shape index (κ1) is 15.8. The molecule has 0 aromatic heterocycles. The smallest absolute Gasteiger partial charge is 0.262 e. The largest absolute Gasteiger partial charge is 0.280 e. The van der Waals surface area contributed by atoms with E-state index in [0.717, 1.165) is 0 Å². The zero-order valence-corrected chi connectivity index (χ0v) is 15.1. The maximum absolute atomic E-state index is 12.4. The van der Waals surface area contributed by atoms with Gasteiger partial charge in [0.05, 0.1) is 15.6 Å². The van der Waals surface area contributed by atoms with E-state index >= 15 is 0 Å². The lowest BCUT2D eigenvalue weighted by atomic mass is 10.2. The molecule has 0 spiro atoms. The van der Waals surface area contributed by atoms with Crippen LogP contribution in [-0.4, -0.2) is 8.42 Å². The number of halogens is 3. The Morgan fingerprint density at radius 1 is 1.10 bits per heavy atom. The SMILES string of the molecule is Cc1ccc(Br)cc1S(=O)(=O)Nc1ccc(Cl)c(Br)c1. The molecule has 20 heavy (non-hydrogen) atoms. The van der Waals surface area contributed by atoms with Crippen LogP contribution >= 0.6 is 43.5 Å². The molecule has 0 aliphatic carbocycles. The van der Waals surface area contributed by atoms with Gasteiger partial charge in [-0.1, -0.05) is 33.6 Å². The highest BCUT2D eigenvalue weighted by atomic mass is 79.9. The molecule has 0 radical (unpaired) electrons. The van der Waals surface area contributed by atoms with Gasteiger partial charge in [0.2, 0.25) is 0 Å².